The van der Waals surface area contributed by atoms with Crippen molar-refractivity contribution in [2.24, 2.45) is 0 Å². The van der Waals surface area contributed by atoms with Crippen molar-refractivity contribution in [1.29, 1.82) is 0 Å². The predicted molar refractivity (Wildman–Crippen MR) is 119 cm³/mol. The van der Waals surface area contributed by atoms with Gasteiger partial charge in [0.2, 0.25) is 0 Å². The van der Waals surface area contributed by atoms with Crippen LogP contribution < -0.4 is 5.32 Å². The van der Waals surface area contributed by atoms with Crippen LogP contribution in [0.5, 0.6) is 0 Å². The van der Waals surface area contributed by atoms with Gasteiger partial charge in [0.25, 0.3) is 0 Å². The van der Waals surface area contributed by atoms with E-state index >= 15 is 0 Å². The van der Waals surface area contributed by atoms with Crippen LogP contribution in [0.4, 0.5) is 0 Å². The third kappa shape index (κ3) is 5.70. The smallest absolute Gasteiger partial charge is 0.336 e. The fourth-order valence-electron chi connectivity index (χ4n) is 3.18. The number of aliphatic hydroxyl groups excluding tert-OH is 1. The van der Waals surface area contributed by atoms with E-state index in [0.29, 0.717) is 12.1 Å². The van der Waals surface area contributed by atoms with Gasteiger partial charge in [-0.25, -0.2) is 4.79 Å². The van der Waals surface area contributed by atoms with E-state index in [2.05, 4.69) is 29.6 Å². The largest absolute Gasteiger partial charge is 0.478 e. The summed E-state index contributed by atoms with van der Waals surface area (Å²) >= 11 is 1.44. The second-order valence-electron chi connectivity index (χ2n) is 6.80. The highest BCUT2D eigenvalue weighted by Gasteiger charge is 2.11. The zero-order valence-electron chi connectivity index (χ0n) is 16.3. The van der Waals surface area contributed by atoms with Crippen LogP contribution in [0, 0.1) is 0 Å². The molecule has 0 aliphatic carbocycles. The highest BCUT2D eigenvalue weighted by atomic mass is 32.2. The van der Waals surface area contributed by atoms with Crippen LogP contribution in [-0.2, 0) is 6.42 Å². The van der Waals surface area contributed by atoms with Gasteiger partial charge in [-0.3, -0.25) is 0 Å². The maximum absolute atomic E-state index is 11.3. The Labute approximate surface area is 175 Å². The molecular weight excluding hydrogens is 382 g/mol. The van der Waals surface area contributed by atoms with Crippen molar-refractivity contribution in [3.63, 3.8) is 0 Å². The first-order valence-electron chi connectivity index (χ1n) is 9.53. The van der Waals surface area contributed by atoms with E-state index in [1.807, 2.05) is 48.7 Å². The molecular formula is C24H25NO3S. The topological polar surface area (TPSA) is 69.6 Å². The standard InChI is InChI=1S/C24H25NO3S/c1-29-23-15-20(11-12-21(23)24(27)28)18-9-7-17(8-10-18)13-14-25-16-22(26)19-5-3-2-4-6-19/h2-12,15,22,25-26H,13-14,16H2,1H3,(H,27,28)/t22-/m0/s1. The molecule has 0 aromatic heterocycles. The van der Waals surface area contributed by atoms with Gasteiger partial charge in [0, 0.05) is 11.4 Å². The van der Waals surface area contributed by atoms with E-state index < -0.39 is 12.1 Å². The molecule has 0 aliphatic rings. The highest BCUT2D eigenvalue weighted by Crippen LogP contribution is 2.28. The number of hydrogen-bond acceptors (Lipinski definition) is 4. The molecule has 0 saturated carbocycles. The minimum atomic E-state index is -0.902. The van der Waals surface area contributed by atoms with Crippen molar-refractivity contribution in [2.45, 2.75) is 17.4 Å². The molecule has 0 spiro atoms. The Hall–Kier alpha value is -2.60. The van der Waals surface area contributed by atoms with Gasteiger partial charge in [0.1, 0.15) is 0 Å². The molecule has 29 heavy (non-hydrogen) atoms. The minimum Gasteiger partial charge on any atom is -0.478 e. The van der Waals surface area contributed by atoms with Gasteiger partial charge >= 0.3 is 5.97 Å². The lowest BCUT2D eigenvalue weighted by Crippen LogP contribution is -2.23. The van der Waals surface area contributed by atoms with Gasteiger partial charge in [-0.2, -0.15) is 0 Å². The van der Waals surface area contributed by atoms with E-state index in [1.54, 1.807) is 6.07 Å². The predicted octanol–water partition coefficient (Wildman–Crippen LogP) is 4.64. The van der Waals surface area contributed by atoms with Gasteiger partial charge in [-0.1, -0.05) is 60.7 Å². The molecule has 0 heterocycles. The molecule has 1 atom stereocenters. The van der Waals surface area contributed by atoms with Gasteiger partial charge in [0.15, 0.2) is 0 Å². The average Bonchev–Trinajstić information content (AvgIpc) is 2.77. The van der Waals surface area contributed by atoms with Crippen LogP contribution in [0.15, 0.2) is 77.7 Å². The molecule has 3 N–H and O–H groups in total. The normalized spacial score (nSPS) is 11.9. The Balaban J connectivity index is 1.54. The summed E-state index contributed by atoms with van der Waals surface area (Å²) in [7, 11) is 0. The number of aliphatic hydroxyl groups is 1. The van der Waals surface area contributed by atoms with Crippen LogP contribution in [0.1, 0.15) is 27.6 Å². The quantitative estimate of drug-likeness (QED) is 0.356. The summed E-state index contributed by atoms with van der Waals surface area (Å²) < 4.78 is 0. The molecule has 3 rings (SSSR count). The maximum Gasteiger partial charge on any atom is 0.336 e. The van der Waals surface area contributed by atoms with E-state index in [9.17, 15) is 15.0 Å². The molecule has 0 unspecified atom stereocenters. The number of hydrogen-bond donors (Lipinski definition) is 3. The molecule has 0 aliphatic heterocycles. The lowest BCUT2D eigenvalue weighted by atomic mass is 10.0. The van der Waals surface area contributed by atoms with Crippen molar-refractivity contribution in [2.75, 3.05) is 19.3 Å². The van der Waals surface area contributed by atoms with Crippen molar-refractivity contribution in [1.82, 2.24) is 5.32 Å². The minimum absolute atomic E-state index is 0.335. The summed E-state index contributed by atoms with van der Waals surface area (Å²) in [4.78, 5) is 12.1. The Bertz CT molecular complexity index is 942. The van der Waals surface area contributed by atoms with Crippen LogP contribution >= 0.6 is 11.8 Å². The monoisotopic (exact) mass is 407 g/mol. The second-order valence-corrected chi connectivity index (χ2v) is 7.65. The molecule has 0 amide bonds. The number of carboxylic acids is 1. The van der Waals surface area contributed by atoms with Crippen molar-refractivity contribution < 1.29 is 15.0 Å². The molecule has 0 fully saturated rings. The zero-order valence-corrected chi connectivity index (χ0v) is 17.2. The average molecular weight is 408 g/mol. The van der Waals surface area contributed by atoms with Crippen molar-refractivity contribution >= 4 is 17.7 Å². The first-order chi connectivity index (χ1) is 14.1. The third-order valence-corrected chi connectivity index (χ3v) is 5.61. The lowest BCUT2D eigenvalue weighted by Gasteiger charge is -2.12. The number of thioether (sulfide) groups is 1. The second kappa shape index (κ2) is 10.3. The van der Waals surface area contributed by atoms with Crippen molar-refractivity contribution in [3.8, 4) is 11.1 Å². The van der Waals surface area contributed by atoms with Crippen molar-refractivity contribution in [3.05, 3.63) is 89.5 Å². The SMILES string of the molecule is CSc1cc(-c2ccc(CCNC[C@H](O)c3ccccc3)cc2)ccc1C(=O)O. The number of benzene rings is 3. The van der Waals surface area contributed by atoms with Crippen LogP contribution in [0.25, 0.3) is 11.1 Å². The first kappa shape index (κ1) is 21.1. The fourth-order valence-corrected chi connectivity index (χ4v) is 3.80. The summed E-state index contributed by atoms with van der Waals surface area (Å²) in [6.45, 7) is 1.31. The van der Waals surface area contributed by atoms with E-state index in [0.717, 1.165) is 34.6 Å². The van der Waals surface area contributed by atoms with Gasteiger partial charge in [-0.05, 0) is 53.6 Å². The molecule has 4 nitrogen and oxygen atoms in total. The number of rotatable bonds is 9. The first-order valence-corrected chi connectivity index (χ1v) is 10.8. The molecule has 150 valence electrons. The molecule has 0 saturated heterocycles. The van der Waals surface area contributed by atoms with Crippen LogP contribution in [-0.4, -0.2) is 35.5 Å². The summed E-state index contributed by atoms with van der Waals surface area (Å²) in [5.41, 5.74) is 4.54. The van der Waals surface area contributed by atoms with Gasteiger partial charge < -0.3 is 15.5 Å². The molecule has 0 bridgehead atoms. The molecule has 3 aromatic carbocycles. The third-order valence-electron chi connectivity index (χ3n) is 4.83. The zero-order chi connectivity index (χ0) is 20.6. The van der Waals surface area contributed by atoms with Gasteiger partial charge in [-0.15, -0.1) is 11.8 Å². The van der Waals surface area contributed by atoms with Crippen LogP contribution in [0.3, 0.4) is 0 Å². The maximum atomic E-state index is 11.3. The van der Waals surface area contributed by atoms with E-state index in [-0.39, 0.29) is 0 Å². The summed E-state index contributed by atoms with van der Waals surface area (Å²) in [5.74, 6) is -0.902. The number of carboxylic acid groups (broad SMARTS) is 1. The summed E-state index contributed by atoms with van der Waals surface area (Å²) in [6, 6.07) is 23.4. The molecule has 3 aromatic rings. The summed E-state index contributed by atoms with van der Waals surface area (Å²) in [6.07, 6.45) is 2.25. The Morgan fingerprint density at radius 2 is 1.69 bits per heavy atom. The number of carbonyl (C=O) groups is 1. The Kier molecular flexibility index (Phi) is 7.47. The highest BCUT2D eigenvalue weighted by molar-refractivity contribution is 7.98. The van der Waals surface area contributed by atoms with E-state index in [1.165, 1.54) is 17.3 Å². The fraction of sp³-hybridized carbons (Fsp3) is 0.208. The van der Waals surface area contributed by atoms with Crippen LogP contribution in [0.2, 0.25) is 0 Å². The molecule has 5 heteroatoms. The Morgan fingerprint density at radius 1 is 1.00 bits per heavy atom. The Morgan fingerprint density at radius 3 is 2.34 bits per heavy atom. The van der Waals surface area contributed by atoms with E-state index in [4.69, 9.17) is 0 Å². The number of aromatic carboxylic acids is 1. The lowest BCUT2D eigenvalue weighted by molar-refractivity contribution is 0.0693. The number of nitrogens with one attached hydrogen (secondary N) is 1. The summed E-state index contributed by atoms with van der Waals surface area (Å²) in [5, 5.41) is 22.7. The molecule has 0 radical (unpaired) electrons. The van der Waals surface area contributed by atoms with Gasteiger partial charge in [0.05, 0.1) is 11.7 Å².